The van der Waals surface area contributed by atoms with Gasteiger partial charge in [0.2, 0.25) is 5.91 Å². The van der Waals surface area contributed by atoms with Crippen molar-refractivity contribution in [3.05, 3.63) is 0 Å². The van der Waals surface area contributed by atoms with Crippen LogP contribution in [0.5, 0.6) is 0 Å². The Morgan fingerprint density at radius 1 is 1.50 bits per heavy atom. The number of amides is 1. The number of hydrogen-bond acceptors (Lipinski definition) is 4. The number of rotatable bonds is 4. The molecule has 5 nitrogen and oxygen atoms in total. The maximum absolute atomic E-state index is 11.6. The molecule has 1 aliphatic heterocycles. The molecule has 0 radical (unpaired) electrons. The summed E-state index contributed by atoms with van der Waals surface area (Å²) in [5.74, 6) is -0.154. The van der Waals surface area contributed by atoms with Crippen LogP contribution in [0.25, 0.3) is 0 Å². The van der Waals surface area contributed by atoms with Crippen molar-refractivity contribution in [2.24, 2.45) is 10.4 Å². The van der Waals surface area contributed by atoms with E-state index in [1.165, 1.54) is 11.8 Å². The van der Waals surface area contributed by atoms with Crippen molar-refractivity contribution in [2.75, 3.05) is 12.3 Å². The highest BCUT2D eigenvalue weighted by Crippen LogP contribution is 2.25. The van der Waals surface area contributed by atoms with Crippen LogP contribution in [0.1, 0.15) is 26.7 Å². The van der Waals surface area contributed by atoms with Gasteiger partial charge in [-0.2, -0.15) is 0 Å². The molecular weight excluding hydrogens is 228 g/mol. The third-order valence-corrected chi connectivity index (χ3v) is 2.99. The van der Waals surface area contributed by atoms with Crippen LogP contribution in [0.2, 0.25) is 0 Å². The van der Waals surface area contributed by atoms with Crippen LogP contribution in [0.4, 0.5) is 0 Å². The fraction of sp³-hybridized carbons (Fsp3) is 0.700. The van der Waals surface area contributed by atoms with E-state index in [1.807, 2.05) is 0 Å². The number of carboxylic acids is 1. The molecule has 16 heavy (non-hydrogen) atoms. The molecule has 90 valence electrons. The normalized spacial score (nSPS) is 15.8. The summed E-state index contributed by atoms with van der Waals surface area (Å²) < 4.78 is 0. The maximum atomic E-state index is 11.6. The number of nitrogens with one attached hydrogen (secondary N) is 1. The monoisotopic (exact) mass is 244 g/mol. The molecule has 1 heterocycles. The standard InChI is InChI=1S/C10H16N2O3S/c1-10(2,6-8(14)15)5-7(13)12-9-11-3-4-16-9/h3-6H2,1-2H3,(H,14,15)(H,11,12,13). The number of carboxylic acid groups (broad SMARTS) is 1. The van der Waals surface area contributed by atoms with Crippen molar-refractivity contribution in [2.45, 2.75) is 26.7 Å². The molecule has 0 aromatic carbocycles. The predicted octanol–water partition coefficient (Wildman–Crippen LogP) is 1.10. The lowest BCUT2D eigenvalue weighted by Crippen LogP contribution is -2.32. The Hall–Kier alpha value is -1.04. The minimum absolute atomic E-state index is 0.0139. The van der Waals surface area contributed by atoms with Crippen molar-refractivity contribution in [3.63, 3.8) is 0 Å². The summed E-state index contributed by atoms with van der Waals surface area (Å²) in [6, 6.07) is 0. The molecule has 0 unspecified atom stereocenters. The van der Waals surface area contributed by atoms with Gasteiger partial charge in [0, 0.05) is 12.2 Å². The van der Waals surface area contributed by atoms with Gasteiger partial charge in [-0.1, -0.05) is 25.6 Å². The van der Waals surface area contributed by atoms with Crippen LogP contribution >= 0.6 is 11.8 Å². The van der Waals surface area contributed by atoms with Crippen LogP contribution in [-0.4, -0.2) is 34.4 Å². The Morgan fingerprint density at radius 2 is 2.19 bits per heavy atom. The molecule has 1 rings (SSSR count). The van der Waals surface area contributed by atoms with E-state index in [-0.39, 0.29) is 18.7 Å². The van der Waals surface area contributed by atoms with E-state index in [9.17, 15) is 9.59 Å². The van der Waals surface area contributed by atoms with Crippen LogP contribution in [0.15, 0.2) is 4.99 Å². The van der Waals surface area contributed by atoms with E-state index in [4.69, 9.17) is 5.11 Å². The quantitative estimate of drug-likeness (QED) is 0.776. The molecule has 1 amide bonds. The van der Waals surface area contributed by atoms with Crippen molar-refractivity contribution < 1.29 is 14.7 Å². The van der Waals surface area contributed by atoms with Gasteiger partial charge >= 0.3 is 5.97 Å². The van der Waals surface area contributed by atoms with Crippen molar-refractivity contribution in [1.29, 1.82) is 0 Å². The molecule has 0 bridgehead atoms. The minimum Gasteiger partial charge on any atom is -0.481 e. The van der Waals surface area contributed by atoms with Crippen molar-refractivity contribution in [1.82, 2.24) is 5.32 Å². The Kier molecular flexibility index (Phi) is 4.35. The lowest BCUT2D eigenvalue weighted by atomic mass is 9.85. The molecule has 0 fully saturated rings. The van der Waals surface area contributed by atoms with Gasteiger partial charge in [0.15, 0.2) is 5.17 Å². The summed E-state index contributed by atoms with van der Waals surface area (Å²) in [6.07, 6.45) is 0.179. The molecule has 0 saturated heterocycles. The number of aliphatic carboxylic acids is 1. The molecule has 0 aliphatic carbocycles. The summed E-state index contributed by atoms with van der Waals surface area (Å²) in [5.41, 5.74) is -0.528. The Bertz CT molecular complexity index is 326. The van der Waals surface area contributed by atoms with E-state index in [1.54, 1.807) is 13.8 Å². The number of thioether (sulfide) groups is 1. The number of amidine groups is 1. The lowest BCUT2D eigenvalue weighted by molar-refractivity contribution is -0.139. The Balaban J connectivity index is 2.40. The highest BCUT2D eigenvalue weighted by atomic mass is 32.2. The highest BCUT2D eigenvalue weighted by Gasteiger charge is 2.25. The van der Waals surface area contributed by atoms with E-state index in [2.05, 4.69) is 10.3 Å². The van der Waals surface area contributed by atoms with Gasteiger partial charge in [0.1, 0.15) is 0 Å². The largest absolute Gasteiger partial charge is 0.481 e. The SMILES string of the molecule is CC(C)(CC(=O)O)CC(=O)NC1=NCCS1. The second-order valence-electron chi connectivity index (χ2n) is 4.50. The smallest absolute Gasteiger partial charge is 0.303 e. The summed E-state index contributed by atoms with van der Waals surface area (Å²) >= 11 is 1.51. The first-order valence-corrected chi connectivity index (χ1v) is 6.06. The van der Waals surface area contributed by atoms with E-state index >= 15 is 0 Å². The summed E-state index contributed by atoms with van der Waals surface area (Å²) in [5, 5.41) is 12.0. The topological polar surface area (TPSA) is 78.8 Å². The summed E-state index contributed by atoms with van der Waals surface area (Å²) in [6.45, 7) is 4.27. The molecule has 0 atom stereocenters. The average Bonchev–Trinajstić information content (AvgIpc) is 2.51. The zero-order valence-electron chi connectivity index (χ0n) is 9.45. The van der Waals surface area contributed by atoms with Crippen LogP contribution < -0.4 is 5.32 Å². The van der Waals surface area contributed by atoms with E-state index < -0.39 is 11.4 Å². The highest BCUT2D eigenvalue weighted by molar-refractivity contribution is 8.14. The fourth-order valence-electron chi connectivity index (χ4n) is 1.48. The number of nitrogens with zero attached hydrogens (tertiary/aromatic N) is 1. The first-order valence-electron chi connectivity index (χ1n) is 5.08. The number of carbonyl (C=O) groups is 2. The van der Waals surface area contributed by atoms with Gasteiger partial charge in [-0.3, -0.25) is 14.6 Å². The van der Waals surface area contributed by atoms with Gasteiger partial charge in [-0.25, -0.2) is 0 Å². The van der Waals surface area contributed by atoms with Gasteiger partial charge in [0.25, 0.3) is 0 Å². The van der Waals surface area contributed by atoms with Crippen LogP contribution in [0.3, 0.4) is 0 Å². The van der Waals surface area contributed by atoms with Crippen molar-refractivity contribution in [3.8, 4) is 0 Å². The second kappa shape index (κ2) is 5.34. The van der Waals surface area contributed by atoms with Gasteiger partial charge in [-0.05, 0) is 5.41 Å². The van der Waals surface area contributed by atoms with Crippen molar-refractivity contribution >= 4 is 28.8 Å². The molecule has 0 aromatic heterocycles. The van der Waals surface area contributed by atoms with Gasteiger partial charge in [0.05, 0.1) is 13.0 Å². The summed E-state index contributed by atoms with van der Waals surface area (Å²) in [4.78, 5) is 26.3. The zero-order chi connectivity index (χ0) is 12.2. The zero-order valence-corrected chi connectivity index (χ0v) is 10.3. The summed E-state index contributed by atoms with van der Waals surface area (Å²) in [7, 11) is 0. The van der Waals surface area contributed by atoms with Crippen LogP contribution in [-0.2, 0) is 9.59 Å². The van der Waals surface area contributed by atoms with E-state index in [0.29, 0.717) is 5.17 Å². The van der Waals surface area contributed by atoms with E-state index in [0.717, 1.165) is 12.3 Å². The fourth-order valence-corrected chi connectivity index (χ4v) is 2.23. The molecular formula is C10H16N2O3S. The number of hydrogen-bond donors (Lipinski definition) is 2. The Labute approximate surface area is 98.7 Å². The van der Waals surface area contributed by atoms with Gasteiger partial charge < -0.3 is 10.4 Å². The molecule has 2 N–H and O–H groups in total. The maximum Gasteiger partial charge on any atom is 0.303 e. The predicted molar refractivity (Wildman–Crippen MR) is 63.6 cm³/mol. The minimum atomic E-state index is -0.884. The molecule has 0 saturated carbocycles. The first-order chi connectivity index (χ1) is 7.39. The number of aliphatic imine (C=N–C) groups is 1. The molecule has 6 heteroatoms. The average molecular weight is 244 g/mol. The first kappa shape index (κ1) is 13.0. The molecule has 0 spiro atoms. The van der Waals surface area contributed by atoms with Gasteiger partial charge in [-0.15, -0.1) is 0 Å². The third kappa shape index (κ3) is 4.65. The Morgan fingerprint density at radius 3 is 2.69 bits per heavy atom. The van der Waals surface area contributed by atoms with Crippen LogP contribution in [0, 0.1) is 5.41 Å². The number of carbonyl (C=O) groups excluding carboxylic acids is 1. The second-order valence-corrected chi connectivity index (χ2v) is 5.58. The lowest BCUT2D eigenvalue weighted by Gasteiger charge is -2.21. The molecule has 0 aromatic rings. The third-order valence-electron chi connectivity index (χ3n) is 2.10. The molecule has 1 aliphatic rings.